The Morgan fingerprint density at radius 3 is 2.43 bits per heavy atom. The Labute approximate surface area is 178 Å². The van der Waals surface area contributed by atoms with Crippen LogP contribution < -0.4 is 24.8 Å². The Morgan fingerprint density at radius 1 is 1.03 bits per heavy atom. The van der Waals surface area contributed by atoms with Gasteiger partial charge in [-0.05, 0) is 38.5 Å². The predicted molar refractivity (Wildman–Crippen MR) is 119 cm³/mol. The molecule has 4 rings (SSSR count). The van der Waals surface area contributed by atoms with E-state index in [2.05, 4.69) is 22.5 Å². The lowest BCUT2D eigenvalue weighted by Crippen LogP contribution is -2.58. The van der Waals surface area contributed by atoms with Crippen LogP contribution in [0.5, 0.6) is 17.2 Å². The van der Waals surface area contributed by atoms with Gasteiger partial charge in [0.05, 0.1) is 27.7 Å². The van der Waals surface area contributed by atoms with Crippen LogP contribution in [-0.4, -0.2) is 56.9 Å². The van der Waals surface area contributed by atoms with Crippen molar-refractivity contribution in [2.45, 2.75) is 57.3 Å². The average molecular weight is 416 g/mol. The van der Waals surface area contributed by atoms with Crippen molar-refractivity contribution in [3.63, 3.8) is 0 Å². The third-order valence-corrected chi connectivity index (χ3v) is 6.55. The SMILES string of the molecule is COc1cc(NC2=NC(C)(N3CCCC4CCCCC43)N=CN2)cc(OC)c1OC. The summed E-state index contributed by atoms with van der Waals surface area (Å²) in [6.45, 7) is 3.15. The number of piperidine rings is 1. The molecule has 1 saturated carbocycles. The molecule has 0 radical (unpaired) electrons. The molecule has 1 aliphatic carbocycles. The molecular weight excluding hydrogens is 382 g/mol. The van der Waals surface area contributed by atoms with Gasteiger partial charge in [0.15, 0.2) is 11.5 Å². The normalized spacial score (nSPS) is 28.7. The van der Waals surface area contributed by atoms with E-state index < -0.39 is 5.79 Å². The molecule has 1 aromatic rings. The Kier molecular flexibility index (Phi) is 6.04. The minimum atomic E-state index is -0.602. The van der Waals surface area contributed by atoms with Gasteiger partial charge in [0.2, 0.25) is 17.5 Å². The van der Waals surface area contributed by atoms with E-state index in [0.717, 1.165) is 18.2 Å². The summed E-state index contributed by atoms with van der Waals surface area (Å²) < 4.78 is 16.3. The number of rotatable bonds is 5. The Hall–Kier alpha value is -2.48. The van der Waals surface area contributed by atoms with Crippen molar-refractivity contribution in [1.82, 2.24) is 10.2 Å². The van der Waals surface area contributed by atoms with E-state index in [0.29, 0.717) is 29.2 Å². The monoisotopic (exact) mass is 415 g/mol. The van der Waals surface area contributed by atoms with Gasteiger partial charge < -0.3 is 24.8 Å². The molecule has 0 aromatic heterocycles. The number of methoxy groups -OCH3 is 3. The van der Waals surface area contributed by atoms with Crippen molar-refractivity contribution in [3.8, 4) is 17.2 Å². The van der Waals surface area contributed by atoms with Crippen LogP contribution in [0, 0.1) is 5.92 Å². The molecule has 2 aliphatic heterocycles. The fourth-order valence-electron chi connectivity index (χ4n) is 5.13. The van der Waals surface area contributed by atoms with E-state index in [4.69, 9.17) is 24.2 Å². The molecule has 3 unspecified atom stereocenters. The molecule has 0 amide bonds. The maximum absolute atomic E-state index is 5.46. The quantitative estimate of drug-likeness (QED) is 0.767. The van der Waals surface area contributed by atoms with Gasteiger partial charge in [-0.2, -0.15) is 0 Å². The van der Waals surface area contributed by atoms with Crippen LogP contribution in [0.1, 0.15) is 45.4 Å². The zero-order valence-corrected chi connectivity index (χ0v) is 18.4. The number of benzene rings is 1. The molecule has 3 aliphatic rings. The van der Waals surface area contributed by atoms with E-state index in [1.807, 2.05) is 12.1 Å². The summed E-state index contributed by atoms with van der Waals surface area (Å²) in [4.78, 5) is 12.3. The number of fused-ring (bicyclic) bond motifs is 1. The summed E-state index contributed by atoms with van der Waals surface area (Å²) in [5.41, 5.74) is 0.794. The zero-order valence-electron chi connectivity index (χ0n) is 18.4. The molecule has 0 spiro atoms. The van der Waals surface area contributed by atoms with Crippen LogP contribution in [0.25, 0.3) is 0 Å². The lowest BCUT2D eigenvalue weighted by Gasteiger charge is -2.49. The van der Waals surface area contributed by atoms with Crippen molar-refractivity contribution < 1.29 is 14.2 Å². The fourth-order valence-corrected chi connectivity index (χ4v) is 5.13. The molecule has 2 fully saturated rings. The van der Waals surface area contributed by atoms with Crippen LogP contribution >= 0.6 is 0 Å². The highest BCUT2D eigenvalue weighted by molar-refractivity contribution is 6.01. The number of ether oxygens (including phenoxy) is 3. The molecule has 1 saturated heterocycles. The van der Waals surface area contributed by atoms with Gasteiger partial charge in [0, 0.05) is 30.4 Å². The minimum absolute atomic E-state index is 0.562. The predicted octanol–water partition coefficient (Wildman–Crippen LogP) is 3.44. The summed E-state index contributed by atoms with van der Waals surface area (Å²) in [5.74, 6) is 2.57. The number of guanidine groups is 1. The number of nitrogens with zero attached hydrogens (tertiary/aromatic N) is 3. The lowest BCUT2D eigenvalue weighted by atomic mass is 9.78. The average Bonchev–Trinajstić information content (AvgIpc) is 2.78. The van der Waals surface area contributed by atoms with Gasteiger partial charge in [-0.3, -0.25) is 4.90 Å². The molecular formula is C22H33N5O3. The van der Waals surface area contributed by atoms with Crippen LogP contribution in [0.3, 0.4) is 0 Å². The van der Waals surface area contributed by atoms with Gasteiger partial charge >= 0.3 is 0 Å². The highest BCUT2D eigenvalue weighted by atomic mass is 16.5. The first-order valence-corrected chi connectivity index (χ1v) is 10.8. The summed E-state index contributed by atoms with van der Waals surface area (Å²) in [7, 11) is 4.82. The Bertz CT molecular complexity index is 800. The van der Waals surface area contributed by atoms with Crippen molar-refractivity contribution >= 4 is 18.0 Å². The summed E-state index contributed by atoms with van der Waals surface area (Å²) in [5, 5.41) is 6.50. The van der Waals surface area contributed by atoms with Gasteiger partial charge in [-0.15, -0.1) is 0 Å². The zero-order chi connectivity index (χ0) is 21.1. The lowest BCUT2D eigenvalue weighted by molar-refractivity contribution is -0.0138. The summed E-state index contributed by atoms with van der Waals surface area (Å²) in [6, 6.07) is 4.30. The van der Waals surface area contributed by atoms with E-state index >= 15 is 0 Å². The van der Waals surface area contributed by atoms with Crippen LogP contribution in [0.15, 0.2) is 22.1 Å². The smallest absolute Gasteiger partial charge is 0.209 e. The van der Waals surface area contributed by atoms with Crippen molar-refractivity contribution in [2.24, 2.45) is 15.9 Å². The maximum Gasteiger partial charge on any atom is 0.209 e. The summed E-state index contributed by atoms with van der Waals surface area (Å²) >= 11 is 0. The number of nitrogens with one attached hydrogen (secondary N) is 2. The number of anilines is 1. The number of aliphatic imine (C=N–C) groups is 2. The minimum Gasteiger partial charge on any atom is -0.493 e. The first-order valence-electron chi connectivity index (χ1n) is 10.8. The van der Waals surface area contributed by atoms with E-state index in [9.17, 15) is 0 Å². The first-order chi connectivity index (χ1) is 14.6. The van der Waals surface area contributed by atoms with Gasteiger partial charge in [-0.25, -0.2) is 9.98 Å². The standard InChI is InChI=1S/C22H33N5O3/c1-22(27-11-7-9-15-8-5-6-10-17(15)27)24-14-23-21(26-22)25-16-12-18(28-2)20(30-4)19(13-16)29-3/h12-15,17H,5-11H2,1-4H3,(H2,23,24,25,26). The third kappa shape index (κ3) is 3.93. The molecule has 2 heterocycles. The number of hydrogen-bond acceptors (Lipinski definition) is 8. The van der Waals surface area contributed by atoms with Gasteiger partial charge in [0.1, 0.15) is 0 Å². The summed E-state index contributed by atoms with van der Waals surface area (Å²) in [6.07, 6.45) is 9.53. The van der Waals surface area contributed by atoms with Crippen LogP contribution in [0.4, 0.5) is 5.69 Å². The Balaban J connectivity index is 1.58. The number of hydrogen-bond donors (Lipinski definition) is 2. The second kappa shape index (κ2) is 8.71. The molecule has 0 bridgehead atoms. The molecule has 8 heteroatoms. The first kappa shape index (κ1) is 20.8. The van der Waals surface area contributed by atoms with Gasteiger partial charge in [-0.1, -0.05) is 12.8 Å². The topological polar surface area (TPSA) is 79.7 Å². The molecule has 1 aromatic carbocycles. The van der Waals surface area contributed by atoms with E-state index in [1.54, 1.807) is 27.7 Å². The molecule has 3 atom stereocenters. The van der Waals surface area contributed by atoms with E-state index in [-0.39, 0.29) is 0 Å². The third-order valence-electron chi connectivity index (χ3n) is 6.55. The highest BCUT2D eigenvalue weighted by Gasteiger charge is 2.43. The fraction of sp³-hybridized carbons (Fsp3) is 0.636. The van der Waals surface area contributed by atoms with E-state index in [1.165, 1.54) is 38.5 Å². The van der Waals surface area contributed by atoms with Gasteiger partial charge in [0.25, 0.3) is 0 Å². The maximum atomic E-state index is 5.46. The molecule has 2 N–H and O–H groups in total. The van der Waals surface area contributed by atoms with Crippen molar-refractivity contribution in [2.75, 3.05) is 33.2 Å². The number of likely N-dealkylation sites (tertiary alicyclic amines) is 1. The molecule has 8 nitrogen and oxygen atoms in total. The Morgan fingerprint density at radius 2 is 1.73 bits per heavy atom. The molecule has 30 heavy (non-hydrogen) atoms. The van der Waals surface area contributed by atoms with Crippen LogP contribution in [0.2, 0.25) is 0 Å². The molecule has 164 valence electrons. The van der Waals surface area contributed by atoms with Crippen LogP contribution in [-0.2, 0) is 0 Å². The highest BCUT2D eigenvalue weighted by Crippen LogP contribution is 2.41. The second-order valence-corrected chi connectivity index (χ2v) is 8.32. The van der Waals surface area contributed by atoms with Crippen molar-refractivity contribution in [1.29, 1.82) is 0 Å². The van der Waals surface area contributed by atoms with Crippen molar-refractivity contribution in [3.05, 3.63) is 12.1 Å². The second-order valence-electron chi connectivity index (χ2n) is 8.32. The largest absolute Gasteiger partial charge is 0.493 e.